The Bertz CT molecular complexity index is 1080. The molecule has 0 aromatic carbocycles. The zero-order chi connectivity index (χ0) is 78.0. The molecular formula is C48H110Cu5Gd4N8O38. The van der Waals surface area contributed by atoms with Crippen molar-refractivity contribution in [3.63, 3.8) is 0 Å². The molecule has 0 aromatic rings. The summed E-state index contributed by atoms with van der Waals surface area (Å²) in [5.41, 5.74) is -1.39. The third-order valence-corrected chi connectivity index (χ3v) is 6.97. The number of hydrogen-bond acceptors (Lipinski definition) is 40. The van der Waals surface area contributed by atoms with E-state index < -0.39 is 43.1 Å². The van der Waals surface area contributed by atoms with Crippen molar-refractivity contribution in [3.8, 4) is 0 Å². The Hall–Kier alpha value is 2.60. The number of aliphatic hydroxyl groups is 6. The second-order valence-electron chi connectivity index (χ2n) is 15.4. The fraction of sp³-hybridized carbons (Fsp3) is 0.958. The van der Waals surface area contributed by atoms with E-state index in [4.69, 9.17) is 122 Å². The van der Waals surface area contributed by atoms with Gasteiger partial charge in [-0.3, -0.25) is 0 Å². The standard InChI is InChI=1S/4C6H13NO3.2C5H10O2.2C4H10O.2CH4O.4CH3O.5Cu.4Gd.4NO3.2O/c4*8-4-1-7(2-5-9)3-6-10;2*1-5(2,3)4(6)7;2*1-3-5-4-2;6*1-2;;;;;;;;;;4*2-1(3)4;;/h4*8H,1-6H2;2*1-3H3,(H,6,7);2*3-4H2,1-2H3;2*2H,1H3;4*1H3;;;;;;;;;;;;;;;/q4*-2;;;;;;;4*-1;5*+2;4*+3;4*-1;2*-2/p-2. The molecule has 103 heavy (non-hydrogen) atoms. The Morgan fingerprint density at radius 3 is 0.417 bits per heavy atom. The largest absolute Gasteiger partial charge is 3.00 e. The molecule has 0 aliphatic rings. The summed E-state index contributed by atoms with van der Waals surface area (Å²) in [5.74, 6) is -2.01. The van der Waals surface area contributed by atoms with Crippen LogP contribution in [0.1, 0.15) is 69.2 Å². The molecule has 0 rings (SSSR count). The van der Waals surface area contributed by atoms with Crippen LogP contribution in [-0.4, -0.2) is 309 Å². The quantitative estimate of drug-likeness (QED) is 0.0241. The Kier molecular flexibility index (Phi) is 386. The smallest absolute Gasteiger partial charge is 2.00 e. The van der Waals surface area contributed by atoms with Gasteiger partial charge >= 0.3 is 245 Å². The molecule has 0 fully saturated rings. The number of hydrogen-bond donors (Lipinski definition) is 6. The minimum Gasteiger partial charge on any atom is -2.00 e. The number of carboxylic acid groups (broad SMARTS) is 2. The van der Waals surface area contributed by atoms with Crippen LogP contribution in [0, 0.1) is 232 Å². The summed E-state index contributed by atoms with van der Waals surface area (Å²) in [6.07, 6.45) is 0. The monoisotopic (exact) mass is 2350 g/mol. The summed E-state index contributed by atoms with van der Waals surface area (Å²) >= 11 is 0. The molecule has 0 saturated carbocycles. The van der Waals surface area contributed by atoms with Crippen molar-refractivity contribution < 1.29 is 398 Å². The molecule has 0 unspecified atom stereocenters. The van der Waals surface area contributed by atoms with Gasteiger partial charge < -0.3 is 213 Å². The van der Waals surface area contributed by atoms with E-state index in [2.05, 4.69) is 0 Å². The number of carboxylic acids is 2. The van der Waals surface area contributed by atoms with E-state index in [0.717, 1.165) is 69.1 Å². The van der Waals surface area contributed by atoms with Gasteiger partial charge in [0, 0.05) is 89.6 Å². The predicted molar refractivity (Wildman–Crippen MR) is 309 cm³/mol. The van der Waals surface area contributed by atoms with E-state index in [9.17, 15) is 60.7 Å². The Morgan fingerprint density at radius 2 is 0.388 bits per heavy atom. The van der Waals surface area contributed by atoms with Crippen molar-refractivity contribution in [2.24, 2.45) is 10.8 Å². The fourth-order valence-corrected chi connectivity index (χ4v) is 3.35. The summed E-state index contributed by atoms with van der Waals surface area (Å²) in [4.78, 5) is 59.5. The number of aliphatic carboxylic acids is 2. The third-order valence-electron chi connectivity index (χ3n) is 6.97. The molecule has 0 bridgehead atoms. The minimum atomic E-state index is -1.75. The zero-order valence-electron chi connectivity index (χ0n) is 60.0. The molecule has 0 aromatic heterocycles. The molecule has 657 valence electrons. The molecule has 55 heteroatoms. The fourth-order valence-electron chi connectivity index (χ4n) is 3.35. The van der Waals surface area contributed by atoms with Crippen LogP contribution >= 0.6 is 0 Å². The Morgan fingerprint density at radius 1 is 0.311 bits per heavy atom. The Balaban J connectivity index is -0.0000000212. The van der Waals surface area contributed by atoms with Crippen LogP contribution in [0.4, 0.5) is 0 Å². The van der Waals surface area contributed by atoms with Crippen molar-refractivity contribution in [1.82, 2.24) is 19.6 Å². The van der Waals surface area contributed by atoms with Crippen LogP contribution in [0.25, 0.3) is 0 Å². The third kappa shape index (κ3) is 369. The summed E-state index contributed by atoms with van der Waals surface area (Å²) in [5, 5.41) is 240. The molecule has 0 saturated heterocycles. The van der Waals surface area contributed by atoms with Gasteiger partial charge in [0.25, 0.3) is 0 Å². The molecule has 0 aliphatic carbocycles. The van der Waals surface area contributed by atoms with Crippen molar-refractivity contribution in [3.05, 3.63) is 61.3 Å². The van der Waals surface area contributed by atoms with Gasteiger partial charge in [-0.15, -0.1) is 52.9 Å². The summed E-state index contributed by atoms with van der Waals surface area (Å²) < 4.78 is 9.67. The first-order chi connectivity index (χ1) is 43.0. The summed E-state index contributed by atoms with van der Waals surface area (Å²) in [6.45, 7) is 24.0. The average Bonchev–Trinajstić information content (AvgIpc) is 0.992. The minimum absolute atomic E-state index is 0. The maximum Gasteiger partial charge on any atom is 3.00 e. The molecule has 9 radical (unpaired) electrons. The van der Waals surface area contributed by atoms with Gasteiger partial charge in [-0.05, 0) is 80.1 Å². The van der Waals surface area contributed by atoms with Gasteiger partial charge in [0.2, 0.25) is 0 Å². The maximum atomic E-state index is 10.1. The van der Waals surface area contributed by atoms with Crippen molar-refractivity contribution in [2.45, 2.75) is 69.2 Å². The van der Waals surface area contributed by atoms with Crippen LogP contribution in [0.3, 0.4) is 0 Å². The van der Waals surface area contributed by atoms with Crippen LogP contribution in [-0.2, 0) is 115 Å². The average molecular weight is 2350 g/mol. The number of rotatable bonds is 28. The van der Waals surface area contributed by atoms with Gasteiger partial charge in [0.15, 0.2) is 0 Å². The van der Waals surface area contributed by atoms with Gasteiger partial charge in [0.1, 0.15) is 0 Å². The van der Waals surface area contributed by atoms with Gasteiger partial charge in [-0.1, -0.05) is 41.5 Å². The van der Waals surface area contributed by atoms with Crippen molar-refractivity contribution >= 4 is 11.9 Å². The number of nitrogens with zero attached hydrogens (tertiary/aromatic N) is 8. The van der Waals surface area contributed by atoms with E-state index in [1.165, 1.54) is 0 Å². The number of carbonyl (C=O) groups excluding carboxylic acids is 2. The molecule has 6 N–H and O–H groups in total. The second-order valence-corrected chi connectivity index (χ2v) is 15.4. The summed E-state index contributed by atoms with van der Waals surface area (Å²) in [7, 11) is 5.00. The first kappa shape index (κ1) is 197. The van der Waals surface area contributed by atoms with E-state index in [1.807, 2.05) is 27.7 Å². The van der Waals surface area contributed by atoms with E-state index in [-0.39, 0.29) is 335 Å². The van der Waals surface area contributed by atoms with Gasteiger partial charge in [-0.2, -0.15) is 28.4 Å². The molecular weight excluding hydrogens is 2240 g/mol. The molecule has 0 aliphatic heterocycles. The maximum absolute atomic E-state index is 10.1. The number of aliphatic hydroxyl groups excluding tert-OH is 6. The van der Waals surface area contributed by atoms with E-state index in [1.54, 1.807) is 61.1 Å². The molecule has 46 nitrogen and oxygen atoms in total. The van der Waals surface area contributed by atoms with Crippen molar-refractivity contribution in [2.75, 3.05) is 227 Å². The van der Waals surface area contributed by atoms with E-state index in [0.29, 0.717) is 78.5 Å². The number of ether oxygens (including phenoxy) is 2. The molecule has 0 atom stereocenters. The zero-order valence-corrected chi connectivity index (χ0v) is 73.8. The molecule has 0 heterocycles. The Labute approximate surface area is 787 Å². The van der Waals surface area contributed by atoms with Crippen LogP contribution in [0.15, 0.2) is 0 Å². The molecule has 0 spiro atoms. The SMILES string of the molecule is CC(C)(C)C(=O)[O-].CC(C)(C)C(=O)[O-].CCOCC.CCOCC.CO.CO.C[O-].C[O-].C[O-].C[O-].O=[N+]([O-])[O-].O=[N+]([O-])[O-].O=[N+]([O-])[O-].O=[N+]([O-])[O-].[Cu+2].[Cu+2].[Cu+2].[Cu+2].[Cu+2].[Gd+3].[Gd+3].[Gd+3].[Gd+3].[O-2].[O-2].[O-]CCN(CC[O-])CCO.[O-]CCN(CC[O-])CCO.[O-]CCN(CC[O-])CCO.[O-]CCN(CC[O-])CCO. The second kappa shape index (κ2) is 202. The van der Waals surface area contributed by atoms with Gasteiger partial charge in [0.05, 0.1) is 46.8 Å². The molecule has 0 amide bonds. The normalized spacial score (nSPS) is 7.83. The number of carbonyl (C=O) groups is 2. The first-order valence-electron chi connectivity index (χ1n) is 26.4. The van der Waals surface area contributed by atoms with Crippen LogP contribution in [0.2, 0.25) is 0 Å². The predicted octanol–water partition coefficient (Wildman–Crippen LogP) is -16.4. The van der Waals surface area contributed by atoms with E-state index >= 15 is 0 Å². The van der Waals surface area contributed by atoms with Crippen molar-refractivity contribution in [1.29, 1.82) is 0 Å². The van der Waals surface area contributed by atoms with Gasteiger partial charge in [-0.25, -0.2) is 0 Å². The van der Waals surface area contributed by atoms with Crippen LogP contribution < -0.4 is 71.5 Å². The van der Waals surface area contributed by atoms with Crippen LogP contribution in [0.5, 0.6) is 0 Å². The topological polar surface area (TPSA) is 832 Å². The summed E-state index contributed by atoms with van der Waals surface area (Å²) in [6, 6.07) is 0. The first-order valence-corrected chi connectivity index (χ1v) is 26.4.